The lowest BCUT2D eigenvalue weighted by Crippen LogP contribution is -2.57. The maximum atomic E-state index is 12.9. The van der Waals surface area contributed by atoms with Gasteiger partial charge in [-0.1, -0.05) is 60.6 Å². The molecule has 1 nitrogen and oxygen atoms in total. The highest BCUT2D eigenvalue weighted by atomic mass is 16.1. The highest BCUT2D eigenvalue weighted by Gasteiger charge is 2.82. The Morgan fingerprint density at radius 3 is 2.18 bits per heavy atom. The molecule has 5 rings (SSSR count). The predicted molar refractivity (Wildman–Crippen MR) is 143 cm³/mol. The Labute approximate surface area is 211 Å². The van der Waals surface area contributed by atoms with Crippen molar-refractivity contribution in [1.82, 2.24) is 0 Å². The quantitative estimate of drug-likeness (QED) is 0.356. The summed E-state index contributed by atoms with van der Waals surface area (Å²) in [6.07, 6.45) is 14.7. The maximum absolute atomic E-state index is 12.9. The fourth-order valence-corrected chi connectivity index (χ4v) is 11.9. The first-order valence-electron chi connectivity index (χ1n) is 15.0. The van der Waals surface area contributed by atoms with Gasteiger partial charge in [-0.3, -0.25) is 4.79 Å². The van der Waals surface area contributed by atoms with Crippen molar-refractivity contribution >= 4 is 5.78 Å². The normalized spacial score (nSPS) is 48.4. The molecule has 0 heterocycles. The minimum absolute atomic E-state index is 0.0860. The van der Waals surface area contributed by atoms with E-state index < -0.39 is 0 Å². The van der Waals surface area contributed by atoms with Crippen molar-refractivity contribution < 1.29 is 4.79 Å². The van der Waals surface area contributed by atoms with Crippen LogP contribution in [0.5, 0.6) is 0 Å². The van der Waals surface area contributed by atoms with Crippen molar-refractivity contribution in [3.63, 3.8) is 0 Å². The molecule has 1 heteroatoms. The van der Waals surface area contributed by atoms with Crippen LogP contribution in [-0.4, -0.2) is 5.78 Å². The molecular weight excluding hydrogens is 412 g/mol. The Morgan fingerprint density at radius 2 is 1.53 bits per heavy atom. The number of ketones is 1. The van der Waals surface area contributed by atoms with Gasteiger partial charge in [0.2, 0.25) is 0 Å². The van der Waals surface area contributed by atoms with E-state index in [0.29, 0.717) is 45.2 Å². The van der Waals surface area contributed by atoms with E-state index in [1.807, 2.05) is 0 Å². The molecule has 0 saturated heterocycles. The molecule has 5 fully saturated rings. The highest BCUT2D eigenvalue weighted by Crippen LogP contribution is 2.88. The Morgan fingerprint density at radius 1 is 0.882 bits per heavy atom. The molecule has 9 unspecified atom stereocenters. The molecule has 0 amide bonds. The lowest BCUT2D eigenvalue weighted by molar-refractivity contribution is -0.157. The van der Waals surface area contributed by atoms with Crippen LogP contribution in [0, 0.1) is 62.6 Å². The van der Waals surface area contributed by atoms with Gasteiger partial charge >= 0.3 is 0 Å². The topological polar surface area (TPSA) is 17.1 Å². The molecule has 34 heavy (non-hydrogen) atoms. The third-order valence-corrected chi connectivity index (χ3v) is 14.0. The van der Waals surface area contributed by atoms with Crippen LogP contribution in [0.25, 0.3) is 0 Å². The number of fused-ring (bicyclic) bond motifs is 2. The van der Waals surface area contributed by atoms with E-state index in [-0.39, 0.29) is 5.41 Å². The average molecular weight is 467 g/mol. The van der Waals surface area contributed by atoms with Crippen molar-refractivity contribution in [2.75, 3.05) is 0 Å². The summed E-state index contributed by atoms with van der Waals surface area (Å²) in [6.45, 7) is 24.0. The van der Waals surface area contributed by atoms with E-state index in [1.54, 1.807) is 0 Å². The van der Waals surface area contributed by atoms with Gasteiger partial charge in [-0.05, 0) is 128 Å². The fourth-order valence-electron chi connectivity index (χ4n) is 11.9. The molecule has 192 valence electrons. The third kappa shape index (κ3) is 3.00. The molecular formula is C33H54O. The number of hydrogen-bond acceptors (Lipinski definition) is 1. The van der Waals surface area contributed by atoms with Crippen LogP contribution < -0.4 is 0 Å². The molecule has 5 saturated carbocycles. The minimum atomic E-state index is -0.0860. The van der Waals surface area contributed by atoms with Crippen molar-refractivity contribution in [3.8, 4) is 0 Å². The van der Waals surface area contributed by atoms with Crippen LogP contribution in [-0.2, 0) is 4.79 Å². The van der Waals surface area contributed by atoms with Gasteiger partial charge in [-0.25, -0.2) is 0 Å². The van der Waals surface area contributed by atoms with Crippen molar-refractivity contribution in [3.05, 3.63) is 12.2 Å². The second-order valence-electron chi connectivity index (χ2n) is 15.5. The molecule has 0 bridgehead atoms. The SMILES string of the molecule is C=C(C)C(CCC(C)C1CCC2(C)C3CCC4C(C)(C)C(=O)CCC45CC35CCC12C)C(C)C. The van der Waals surface area contributed by atoms with E-state index in [2.05, 4.69) is 62.0 Å². The molecule has 0 aromatic carbocycles. The summed E-state index contributed by atoms with van der Waals surface area (Å²) >= 11 is 0. The van der Waals surface area contributed by atoms with Gasteiger partial charge in [0.05, 0.1) is 0 Å². The average Bonchev–Trinajstić information content (AvgIpc) is 3.33. The van der Waals surface area contributed by atoms with Crippen LogP contribution in [0.3, 0.4) is 0 Å². The van der Waals surface area contributed by atoms with Crippen LogP contribution in [0.2, 0.25) is 0 Å². The number of rotatable bonds is 6. The summed E-state index contributed by atoms with van der Waals surface area (Å²) in [6, 6.07) is 0. The van der Waals surface area contributed by atoms with Gasteiger partial charge in [-0.2, -0.15) is 0 Å². The van der Waals surface area contributed by atoms with Gasteiger partial charge in [-0.15, -0.1) is 0 Å². The zero-order chi connectivity index (χ0) is 24.9. The Bertz CT molecular complexity index is 866. The molecule has 0 N–H and O–H groups in total. The second-order valence-corrected chi connectivity index (χ2v) is 15.5. The van der Waals surface area contributed by atoms with Crippen LogP contribution >= 0.6 is 0 Å². The zero-order valence-electron chi connectivity index (χ0n) is 23.9. The van der Waals surface area contributed by atoms with Crippen LogP contribution in [0.15, 0.2) is 12.2 Å². The predicted octanol–water partition coefficient (Wildman–Crippen LogP) is 9.26. The minimum Gasteiger partial charge on any atom is -0.299 e. The van der Waals surface area contributed by atoms with Gasteiger partial charge in [0.25, 0.3) is 0 Å². The summed E-state index contributed by atoms with van der Waals surface area (Å²) in [5.74, 6) is 5.18. The summed E-state index contributed by atoms with van der Waals surface area (Å²) in [7, 11) is 0. The first-order valence-corrected chi connectivity index (χ1v) is 15.0. The molecule has 0 radical (unpaired) electrons. The number of allylic oxidation sites excluding steroid dienone is 1. The number of hydrogen-bond donors (Lipinski definition) is 0. The van der Waals surface area contributed by atoms with E-state index in [4.69, 9.17) is 0 Å². The second kappa shape index (κ2) is 7.71. The summed E-state index contributed by atoms with van der Waals surface area (Å²) in [4.78, 5) is 12.9. The number of Topliss-reactive ketones (excluding diaryl/α,β-unsaturated/α-hetero) is 1. The third-order valence-electron chi connectivity index (χ3n) is 14.0. The molecule has 5 aliphatic rings. The van der Waals surface area contributed by atoms with Crippen molar-refractivity contribution in [2.24, 2.45) is 62.6 Å². The van der Waals surface area contributed by atoms with Crippen molar-refractivity contribution in [1.29, 1.82) is 0 Å². The number of carbonyl (C=O) groups excluding carboxylic acids is 1. The largest absolute Gasteiger partial charge is 0.299 e. The maximum Gasteiger partial charge on any atom is 0.138 e. The molecule has 2 spiro atoms. The molecule has 0 aromatic heterocycles. The first kappa shape index (κ1) is 25.1. The van der Waals surface area contributed by atoms with Crippen LogP contribution in [0.4, 0.5) is 0 Å². The van der Waals surface area contributed by atoms with E-state index in [9.17, 15) is 4.79 Å². The smallest absolute Gasteiger partial charge is 0.138 e. The van der Waals surface area contributed by atoms with E-state index in [0.717, 1.165) is 24.2 Å². The van der Waals surface area contributed by atoms with Crippen molar-refractivity contribution in [2.45, 2.75) is 126 Å². The molecule has 0 aliphatic heterocycles. The lowest BCUT2D eigenvalue weighted by Gasteiger charge is -2.62. The lowest BCUT2D eigenvalue weighted by atomic mass is 9.42. The Hall–Kier alpha value is -0.590. The summed E-state index contributed by atoms with van der Waals surface area (Å²) < 4.78 is 0. The number of carbonyl (C=O) groups is 1. The van der Waals surface area contributed by atoms with Crippen LogP contribution in [0.1, 0.15) is 126 Å². The van der Waals surface area contributed by atoms with Gasteiger partial charge < -0.3 is 0 Å². The standard InChI is InChI=1S/C33H54O/c1-21(2)24(22(3)4)11-10-23(5)25-14-16-31(9)27-13-12-26-29(6,7)28(34)15-17-32(26)20-33(27,32)19-18-30(25,31)8/h22-27H,1,10-20H2,2-9H3. The summed E-state index contributed by atoms with van der Waals surface area (Å²) in [5, 5.41) is 0. The Balaban J connectivity index is 1.37. The monoisotopic (exact) mass is 466 g/mol. The van der Waals surface area contributed by atoms with Gasteiger partial charge in [0, 0.05) is 11.8 Å². The van der Waals surface area contributed by atoms with Gasteiger partial charge in [0.1, 0.15) is 5.78 Å². The molecule has 0 aromatic rings. The zero-order valence-corrected chi connectivity index (χ0v) is 23.9. The van der Waals surface area contributed by atoms with E-state index >= 15 is 0 Å². The Kier molecular flexibility index (Phi) is 5.68. The summed E-state index contributed by atoms with van der Waals surface area (Å²) in [5.41, 5.74) is 3.37. The van der Waals surface area contributed by atoms with Gasteiger partial charge in [0.15, 0.2) is 0 Å². The fraction of sp³-hybridized carbons (Fsp3) is 0.909. The first-order chi connectivity index (χ1) is 15.8. The molecule has 5 aliphatic carbocycles. The highest BCUT2D eigenvalue weighted by molar-refractivity contribution is 5.86. The van der Waals surface area contributed by atoms with E-state index in [1.165, 1.54) is 69.8 Å². The molecule has 9 atom stereocenters.